The van der Waals surface area contributed by atoms with E-state index < -0.39 is 0 Å². The van der Waals surface area contributed by atoms with E-state index in [0.29, 0.717) is 12.5 Å². The van der Waals surface area contributed by atoms with E-state index in [1.165, 1.54) is 0 Å². The molecule has 0 spiro atoms. The van der Waals surface area contributed by atoms with Crippen molar-refractivity contribution in [1.82, 2.24) is 20.2 Å². The van der Waals surface area contributed by atoms with Crippen molar-refractivity contribution in [3.63, 3.8) is 0 Å². The summed E-state index contributed by atoms with van der Waals surface area (Å²) < 4.78 is 1.81. The lowest BCUT2D eigenvalue weighted by Crippen LogP contribution is -2.25. The Bertz CT molecular complexity index is 408. The fourth-order valence-corrected chi connectivity index (χ4v) is 1.52. The van der Waals surface area contributed by atoms with E-state index in [4.69, 9.17) is 0 Å². The molecule has 0 saturated carbocycles. The van der Waals surface area contributed by atoms with Gasteiger partial charge in [-0.05, 0) is 6.92 Å². The van der Waals surface area contributed by atoms with Gasteiger partial charge in [-0.25, -0.2) is 4.98 Å². The molecule has 15 heavy (non-hydrogen) atoms. The highest BCUT2D eigenvalue weighted by Gasteiger charge is 2.31. The van der Waals surface area contributed by atoms with Crippen LogP contribution in [0.4, 0.5) is 0 Å². The highest BCUT2D eigenvalue weighted by atomic mass is 16.2. The van der Waals surface area contributed by atoms with Crippen LogP contribution in [0.2, 0.25) is 0 Å². The summed E-state index contributed by atoms with van der Waals surface area (Å²) in [5.74, 6) is 0.444. The second-order valence-electron chi connectivity index (χ2n) is 3.32. The van der Waals surface area contributed by atoms with Crippen molar-refractivity contribution in [2.75, 3.05) is 6.54 Å². The number of aliphatic imine (C=N–C) groups is 1. The monoisotopic (exact) mass is 207 g/mol. The molecule has 1 aromatic rings. The first-order valence-corrected chi connectivity index (χ1v) is 4.80. The van der Waals surface area contributed by atoms with Gasteiger partial charge in [0.25, 0.3) is 5.91 Å². The number of hydrogen-bond acceptors (Lipinski definition) is 3. The minimum atomic E-state index is -0.386. The van der Waals surface area contributed by atoms with Crippen LogP contribution in [0.1, 0.15) is 18.7 Å². The largest absolute Gasteiger partial charge is 0.339 e. The van der Waals surface area contributed by atoms with Crippen molar-refractivity contribution in [2.24, 2.45) is 12.0 Å². The number of hydrogen-bond donors (Lipinski definition) is 2. The molecule has 0 bridgehead atoms. The maximum absolute atomic E-state index is 11.6. The molecular weight excluding hydrogens is 194 g/mol. The fraction of sp³-hybridized carbons (Fsp3) is 0.444. The second kappa shape index (κ2) is 3.72. The van der Waals surface area contributed by atoms with E-state index >= 15 is 0 Å². The quantitative estimate of drug-likeness (QED) is 0.690. The van der Waals surface area contributed by atoms with Gasteiger partial charge in [-0.3, -0.25) is 15.1 Å². The first kappa shape index (κ1) is 9.70. The molecule has 1 amide bonds. The number of imidazole rings is 1. The van der Waals surface area contributed by atoms with E-state index in [-0.39, 0.29) is 11.9 Å². The molecule has 2 rings (SSSR count). The lowest BCUT2D eigenvalue weighted by Gasteiger charge is -2.07. The van der Waals surface area contributed by atoms with Crippen LogP contribution in [0.3, 0.4) is 0 Å². The van der Waals surface area contributed by atoms with Crippen molar-refractivity contribution >= 4 is 11.9 Å². The van der Waals surface area contributed by atoms with Crippen LogP contribution in [0.15, 0.2) is 17.5 Å². The first-order chi connectivity index (χ1) is 7.22. The fourth-order valence-electron chi connectivity index (χ4n) is 1.52. The third-order valence-electron chi connectivity index (χ3n) is 2.25. The Balaban J connectivity index is 2.23. The van der Waals surface area contributed by atoms with Crippen LogP contribution in [-0.4, -0.2) is 28.0 Å². The Labute approximate surface area is 87.4 Å². The van der Waals surface area contributed by atoms with Crippen molar-refractivity contribution in [3.05, 3.63) is 18.2 Å². The summed E-state index contributed by atoms with van der Waals surface area (Å²) in [6.07, 6.45) is 3.34. The zero-order valence-corrected chi connectivity index (χ0v) is 8.69. The molecule has 1 aliphatic heterocycles. The van der Waals surface area contributed by atoms with Gasteiger partial charge in [0.2, 0.25) is 0 Å². The summed E-state index contributed by atoms with van der Waals surface area (Å²) in [4.78, 5) is 19.7. The standard InChI is InChI=1S/C9H13N5O/c1-3-11-9-12-7(8(15)13-9)6-4-10-5-14(6)2/h4-5,7H,3H2,1-2H3,(H2,11,12,13,15). The number of aryl methyl sites for hydroxylation is 1. The summed E-state index contributed by atoms with van der Waals surface area (Å²) in [7, 11) is 1.85. The van der Waals surface area contributed by atoms with Crippen LogP contribution in [0, 0.1) is 0 Å². The molecule has 1 saturated heterocycles. The predicted octanol–water partition coefficient (Wildman–Crippen LogP) is -0.443. The lowest BCUT2D eigenvalue weighted by molar-refractivity contribution is -0.120. The van der Waals surface area contributed by atoms with Crippen molar-refractivity contribution < 1.29 is 4.79 Å². The summed E-state index contributed by atoms with van der Waals surface area (Å²) in [6, 6.07) is -0.386. The highest BCUT2D eigenvalue weighted by Crippen LogP contribution is 2.14. The van der Waals surface area contributed by atoms with Crippen LogP contribution >= 0.6 is 0 Å². The number of carbonyl (C=O) groups excluding carboxylic acids is 1. The molecule has 1 fully saturated rings. The smallest absolute Gasteiger partial charge is 0.255 e. The van der Waals surface area contributed by atoms with Gasteiger partial charge in [0.15, 0.2) is 12.0 Å². The van der Waals surface area contributed by atoms with Gasteiger partial charge < -0.3 is 9.88 Å². The topological polar surface area (TPSA) is 71.3 Å². The molecule has 2 heterocycles. The summed E-state index contributed by atoms with van der Waals surface area (Å²) >= 11 is 0. The Kier molecular flexibility index (Phi) is 2.40. The summed E-state index contributed by atoms with van der Waals surface area (Å²) in [5, 5.41) is 5.69. The van der Waals surface area contributed by atoms with Crippen LogP contribution < -0.4 is 10.6 Å². The maximum atomic E-state index is 11.6. The molecule has 0 aliphatic carbocycles. The normalized spacial score (nSPS) is 22.9. The minimum Gasteiger partial charge on any atom is -0.339 e. The summed E-state index contributed by atoms with van der Waals surface area (Å²) in [6.45, 7) is 2.55. The molecule has 6 nitrogen and oxygen atoms in total. The predicted molar refractivity (Wildman–Crippen MR) is 55.2 cm³/mol. The first-order valence-electron chi connectivity index (χ1n) is 4.80. The molecule has 1 atom stereocenters. The second-order valence-corrected chi connectivity index (χ2v) is 3.32. The zero-order chi connectivity index (χ0) is 10.8. The molecule has 1 unspecified atom stereocenters. The van der Waals surface area contributed by atoms with E-state index in [1.54, 1.807) is 12.5 Å². The number of nitrogens with zero attached hydrogens (tertiary/aromatic N) is 3. The van der Waals surface area contributed by atoms with Gasteiger partial charge in [0.1, 0.15) is 0 Å². The number of carbonyl (C=O) groups is 1. The number of amides is 1. The maximum Gasteiger partial charge on any atom is 0.255 e. The minimum absolute atomic E-state index is 0.0919. The molecular formula is C9H13N5O. The van der Waals surface area contributed by atoms with E-state index in [0.717, 1.165) is 5.69 Å². The van der Waals surface area contributed by atoms with Gasteiger partial charge in [-0.15, -0.1) is 0 Å². The molecule has 1 aromatic heterocycles. The summed E-state index contributed by atoms with van der Waals surface area (Å²) in [5.41, 5.74) is 0.828. The highest BCUT2D eigenvalue weighted by molar-refractivity contribution is 6.06. The van der Waals surface area contributed by atoms with Crippen molar-refractivity contribution in [2.45, 2.75) is 13.0 Å². The average Bonchev–Trinajstić information content (AvgIpc) is 2.73. The number of rotatable bonds is 2. The molecule has 0 radical (unpaired) electrons. The average molecular weight is 207 g/mol. The third-order valence-corrected chi connectivity index (χ3v) is 2.25. The van der Waals surface area contributed by atoms with Crippen molar-refractivity contribution in [3.8, 4) is 0 Å². The third kappa shape index (κ3) is 1.70. The Morgan fingerprint density at radius 3 is 3.07 bits per heavy atom. The molecule has 0 aromatic carbocycles. The van der Waals surface area contributed by atoms with Gasteiger partial charge in [-0.2, -0.15) is 0 Å². The Hall–Kier alpha value is -1.85. The number of guanidine groups is 1. The van der Waals surface area contributed by atoms with Crippen LogP contribution in [0.25, 0.3) is 0 Å². The molecule has 2 N–H and O–H groups in total. The lowest BCUT2D eigenvalue weighted by atomic mass is 10.2. The number of nitrogens with one attached hydrogen (secondary N) is 2. The van der Waals surface area contributed by atoms with Gasteiger partial charge in [-0.1, -0.05) is 0 Å². The molecule has 6 heteroatoms. The van der Waals surface area contributed by atoms with E-state index in [2.05, 4.69) is 20.6 Å². The zero-order valence-electron chi connectivity index (χ0n) is 8.69. The SMILES string of the molecule is CCN=C1NC(=O)C(c2cncn2C)N1. The van der Waals surface area contributed by atoms with Gasteiger partial charge in [0, 0.05) is 13.6 Å². The molecule has 80 valence electrons. The van der Waals surface area contributed by atoms with E-state index in [9.17, 15) is 4.79 Å². The van der Waals surface area contributed by atoms with Crippen LogP contribution in [0.5, 0.6) is 0 Å². The number of aromatic nitrogens is 2. The van der Waals surface area contributed by atoms with Crippen LogP contribution in [-0.2, 0) is 11.8 Å². The van der Waals surface area contributed by atoms with Crippen molar-refractivity contribution in [1.29, 1.82) is 0 Å². The molecule has 1 aliphatic rings. The Morgan fingerprint density at radius 1 is 1.67 bits per heavy atom. The van der Waals surface area contributed by atoms with E-state index in [1.807, 2.05) is 18.5 Å². The van der Waals surface area contributed by atoms with Gasteiger partial charge >= 0.3 is 0 Å². The Morgan fingerprint density at radius 2 is 2.47 bits per heavy atom. The van der Waals surface area contributed by atoms with Gasteiger partial charge in [0.05, 0.1) is 18.2 Å².